The van der Waals surface area contributed by atoms with E-state index in [1.807, 2.05) is 38.1 Å². The number of aromatic nitrogens is 1. The Morgan fingerprint density at radius 1 is 1.37 bits per heavy atom. The molecule has 0 amide bonds. The maximum absolute atomic E-state index is 4.57. The summed E-state index contributed by atoms with van der Waals surface area (Å²) < 4.78 is 0. The van der Waals surface area contributed by atoms with Crippen LogP contribution in [0, 0.1) is 6.92 Å². The van der Waals surface area contributed by atoms with Crippen molar-refractivity contribution < 1.29 is 0 Å². The highest BCUT2D eigenvalue weighted by molar-refractivity contribution is 5.69. The van der Waals surface area contributed by atoms with Gasteiger partial charge < -0.3 is 5.32 Å². The van der Waals surface area contributed by atoms with Crippen LogP contribution >= 0.6 is 0 Å². The lowest BCUT2D eigenvalue weighted by molar-refractivity contribution is 0.741. The monoisotopic (exact) mass is 252 g/mol. The molecule has 0 bridgehead atoms. The predicted octanol–water partition coefficient (Wildman–Crippen LogP) is 3.78. The van der Waals surface area contributed by atoms with Crippen LogP contribution in [0.25, 0.3) is 5.70 Å². The summed E-state index contributed by atoms with van der Waals surface area (Å²) in [6.07, 6.45) is 8.22. The molecular weight excluding hydrogens is 232 g/mol. The fraction of sp³-hybridized carbons (Fsp3) is 0.235. The van der Waals surface area contributed by atoms with Gasteiger partial charge in [0.25, 0.3) is 0 Å². The van der Waals surface area contributed by atoms with Gasteiger partial charge in [0, 0.05) is 11.7 Å². The van der Waals surface area contributed by atoms with E-state index >= 15 is 0 Å². The van der Waals surface area contributed by atoms with Gasteiger partial charge in [0.05, 0.1) is 11.4 Å². The first-order valence-corrected chi connectivity index (χ1v) is 6.57. The van der Waals surface area contributed by atoms with Crippen LogP contribution in [0.5, 0.6) is 0 Å². The summed E-state index contributed by atoms with van der Waals surface area (Å²) in [7, 11) is 0. The van der Waals surface area contributed by atoms with Crippen LogP contribution in [-0.2, 0) is 0 Å². The van der Waals surface area contributed by atoms with E-state index in [4.69, 9.17) is 0 Å². The minimum atomic E-state index is 0.242. The molecule has 2 heteroatoms. The highest BCUT2D eigenvalue weighted by Gasteiger charge is 2.17. The molecule has 1 aliphatic rings. The number of rotatable bonds is 3. The summed E-state index contributed by atoms with van der Waals surface area (Å²) in [4.78, 5) is 4.57. The predicted molar refractivity (Wildman–Crippen MR) is 81.6 cm³/mol. The molecule has 1 aromatic heterocycles. The number of nitrogens with one attached hydrogen (secondary N) is 1. The molecule has 0 radical (unpaired) electrons. The average Bonchev–Trinajstić information content (AvgIpc) is 2.39. The van der Waals surface area contributed by atoms with Crippen molar-refractivity contribution in [2.75, 3.05) is 0 Å². The quantitative estimate of drug-likeness (QED) is 0.885. The van der Waals surface area contributed by atoms with Crippen LogP contribution in [0.2, 0.25) is 0 Å². The van der Waals surface area contributed by atoms with Gasteiger partial charge in [-0.25, -0.2) is 0 Å². The molecule has 1 aromatic rings. The Labute approximate surface area is 115 Å². The Hall–Kier alpha value is -2.09. The highest BCUT2D eigenvalue weighted by Crippen LogP contribution is 2.24. The van der Waals surface area contributed by atoms with Crippen LogP contribution in [0.4, 0.5) is 0 Å². The van der Waals surface area contributed by atoms with E-state index in [-0.39, 0.29) is 6.04 Å². The van der Waals surface area contributed by atoms with E-state index < -0.39 is 0 Å². The van der Waals surface area contributed by atoms with Crippen molar-refractivity contribution in [3.63, 3.8) is 0 Å². The number of hydrogen-bond acceptors (Lipinski definition) is 2. The molecule has 0 aromatic carbocycles. The Morgan fingerprint density at radius 3 is 2.79 bits per heavy atom. The average molecular weight is 252 g/mol. The number of nitrogens with zero attached hydrogens (tertiary/aromatic N) is 1. The molecule has 2 nitrogen and oxygen atoms in total. The van der Waals surface area contributed by atoms with Crippen LogP contribution < -0.4 is 5.32 Å². The molecule has 0 fully saturated rings. The molecule has 98 valence electrons. The van der Waals surface area contributed by atoms with Crippen molar-refractivity contribution >= 4 is 5.70 Å². The largest absolute Gasteiger partial charge is 0.377 e. The van der Waals surface area contributed by atoms with Gasteiger partial charge in [-0.3, -0.25) is 4.98 Å². The Bertz CT molecular complexity index is 577. The summed E-state index contributed by atoms with van der Waals surface area (Å²) in [6.45, 7) is 10.1. The molecule has 1 unspecified atom stereocenters. The first-order chi connectivity index (χ1) is 9.15. The van der Waals surface area contributed by atoms with Gasteiger partial charge in [0.2, 0.25) is 0 Å². The van der Waals surface area contributed by atoms with Gasteiger partial charge in [-0.2, -0.15) is 0 Å². The number of allylic oxidation sites excluding steroid dienone is 4. The van der Waals surface area contributed by atoms with E-state index in [1.165, 1.54) is 11.1 Å². The molecule has 0 spiro atoms. The van der Waals surface area contributed by atoms with Crippen LogP contribution in [-0.4, -0.2) is 11.0 Å². The first-order valence-electron chi connectivity index (χ1n) is 6.57. The molecule has 0 aliphatic carbocycles. The van der Waals surface area contributed by atoms with Gasteiger partial charge in [-0.1, -0.05) is 30.9 Å². The zero-order chi connectivity index (χ0) is 13.8. The zero-order valence-corrected chi connectivity index (χ0v) is 11.8. The molecule has 2 rings (SSSR count). The van der Waals surface area contributed by atoms with Gasteiger partial charge in [0.15, 0.2) is 0 Å². The van der Waals surface area contributed by atoms with E-state index in [0.717, 1.165) is 17.1 Å². The topological polar surface area (TPSA) is 24.9 Å². The fourth-order valence-corrected chi connectivity index (χ4v) is 2.30. The standard InChI is InChI=1S/C17H20N2/c1-5-8-14-11-17(19-13(4)15(14)6-2)16-10-7-9-12(3)18-16/h5-11,13,19H,2H2,1,3-4H3/b8-5-. The molecule has 0 saturated heterocycles. The molecule has 0 saturated carbocycles. The highest BCUT2D eigenvalue weighted by atomic mass is 15.0. The van der Waals surface area contributed by atoms with Crippen molar-refractivity contribution in [2.45, 2.75) is 26.8 Å². The lowest BCUT2D eigenvalue weighted by Crippen LogP contribution is -2.30. The third-order valence-corrected chi connectivity index (χ3v) is 3.20. The summed E-state index contributed by atoms with van der Waals surface area (Å²) in [6, 6.07) is 6.32. The fourth-order valence-electron chi connectivity index (χ4n) is 2.30. The molecular formula is C17H20N2. The van der Waals surface area contributed by atoms with Gasteiger partial charge in [0.1, 0.15) is 0 Å². The Morgan fingerprint density at radius 2 is 2.16 bits per heavy atom. The second-order valence-corrected chi connectivity index (χ2v) is 4.70. The number of pyridine rings is 1. The molecule has 19 heavy (non-hydrogen) atoms. The second kappa shape index (κ2) is 5.70. The van der Waals surface area contributed by atoms with E-state index in [1.54, 1.807) is 0 Å². The minimum Gasteiger partial charge on any atom is -0.377 e. The SMILES string of the molecule is C=CC1=C(/C=C\C)C=C(c2cccc(C)n2)NC1C. The molecule has 1 N–H and O–H groups in total. The van der Waals surface area contributed by atoms with Gasteiger partial charge in [-0.15, -0.1) is 0 Å². The van der Waals surface area contributed by atoms with Crippen molar-refractivity contribution in [3.8, 4) is 0 Å². The molecule has 1 aliphatic heterocycles. The van der Waals surface area contributed by atoms with Gasteiger partial charge in [-0.05, 0) is 50.1 Å². The maximum Gasteiger partial charge on any atom is 0.0864 e. The number of dihydropyridines is 1. The summed E-state index contributed by atoms with van der Waals surface area (Å²) >= 11 is 0. The van der Waals surface area contributed by atoms with E-state index in [2.05, 4.69) is 42.0 Å². The lowest BCUT2D eigenvalue weighted by atomic mass is 9.95. The van der Waals surface area contributed by atoms with Crippen LogP contribution in [0.3, 0.4) is 0 Å². The van der Waals surface area contributed by atoms with E-state index in [9.17, 15) is 0 Å². The maximum atomic E-state index is 4.57. The van der Waals surface area contributed by atoms with Gasteiger partial charge >= 0.3 is 0 Å². The first kappa shape index (κ1) is 13.3. The number of hydrogen-bond donors (Lipinski definition) is 1. The summed E-state index contributed by atoms with van der Waals surface area (Å²) in [5.41, 5.74) is 5.49. The Kier molecular flexibility index (Phi) is 4.00. The third kappa shape index (κ3) is 2.84. The minimum absolute atomic E-state index is 0.242. The lowest BCUT2D eigenvalue weighted by Gasteiger charge is -2.25. The van der Waals surface area contributed by atoms with Crippen molar-refractivity contribution in [1.29, 1.82) is 0 Å². The number of aryl methyl sites for hydroxylation is 1. The third-order valence-electron chi connectivity index (χ3n) is 3.20. The zero-order valence-electron chi connectivity index (χ0n) is 11.8. The summed E-state index contributed by atoms with van der Waals surface area (Å²) in [5, 5.41) is 3.48. The van der Waals surface area contributed by atoms with Crippen molar-refractivity contribution in [2.24, 2.45) is 0 Å². The normalized spacial score (nSPS) is 19.3. The summed E-state index contributed by atoms with van der Waals surface area (Å²) in [5.74, 6) is 0. The van der Waals surface area contributed by atoms with Crippen molar-refractivity contribution in [3.05, 3.63) is 71.6 Å². The van der Waals surface area contributed by atoms with E-state index in [0.29, 0.717) is 0 Å². The van der Waals surface area contributed by atoms with Crippen LogP contribution in [0.1, 0.15) is 25.2 Å². The Balaban J connectivity index is 2.48. The molecule has 1 atom stereocenters. The second-order valence-electron chi connectivity index (χ2n) is 4.70. The smallest absolute Gasteiger partial charge is 0.0864 e. The van der Waals surface area contributed by atoms with Crippen LogP contribution in [0.15, 0.2) is 60.2 Å². The molecule has 2 heterocycles. The van der Waals surface area contributed by atoms with Crippen molar-refractivity contribution in [1.82, 2.24) is 10.3 Å².